The smallest absolute Gasteiger partial charge is 0.269 e. The molecule has 0 atom stereocenters. The number of para-hydroxylation sites is 2. The number of piperazine rings is 2. The Morgan fingerprint density at radius 1 is 0.746 bits per heavy atom. The summed E-state index contributed by atoms with van der Waals surface area (Å²) in [5.41, 5.74) is 5.69. The van der Waals surface area contributed by atoms with Gasteiger partial charge in [-0.15, -0.1) is 11.3 Å². The van der Waals surface area contributed by atoms with Crippen molar-refractivity contribution >= 4 is 40.2 Å². The molecular formula is C42H42N8O8S. The quantitative estimate of drug-likeness (QED) is 0.115. The largest absolute Gasteiger partial charge is 0.508 e. The number of amides is 2. The summed E-state index contributed by atoms with van der Waals surface area (Å²) < 4.78 is 16.6. The number of hydrogen-bond donors (Lipinski definition) is 1. The van der Waals surface area contributed by atoms with Gasteiger partial charge in [-0.25, -0.2) is 4.98 Å². The summed E-state index contributed by atoms with van der Waals surface area (Å²) in [6.45, 7) is 7.27. The lowest BCUT2D eigenvalue weighted by Gasteiger charge is -2.36. The predicted molar refractivity (Wildman–Crippen MR) is 220 cm³/mol. The number of phenols is 1. The molecule has 4 aromatic carbocycles. The monoisotopic (exact) mass is 818 g/mol. The van der Waals surface area contributed by atoms with Crippen molar-refractivity contribution in [3.63, 3.8) is 0 Å². The van der Waals surface area contributed by atoms with Gasteiger partial charge in [0.25, 0.3) is 17.5 Å². The molecule has 0 bridgehead atoms. The molecule has 0 unspecified atom stereocenters. The minimum atomic E-state index is -0.417. The van der Waals surface area contributed by atoms with Crippen LogP contribution in [0.4, 0.5) is 17.1 Å². The second-order valence-electron chi connectivity index (χ2n) is 13.6. The molecule has 2 amide bonds. The van der Waals surface area contributed by atoms with Crippen LogP contribution >= 0.6 is 11.3 Å². The van der Waals surface area contributed by atoms with E-state index in [-0.39, 0.29) is 29.9 Å². The van der Waals surface area contributed by atoms with Crippen molar-refractivity contribution < 1.29 is 33.6 Å². The van der Waals surface area contributed by atoms with Crippen LogP contribution in [0.2, 0.25) is 0 Å². The van der Waals surface area contributed by atoms with Gasteiger partial charge in [0.2, 0.25) is 11.7 Å². The molecule has 0 saturated carbocycles. The number of aromatic nitrogens is 3. The highest BCUT2D eigenvalue weighted by Crippen LogP contribution is 2.26. The first kappa shape index (κ1) is 40.2. The Morgan fingerprint density at radius 3 is 1.73 bits per heavy atom. The fourth-order valence-electron chi connectivity index (χ4n) is 6.67. The lowest BCUT2D eigenvalue weighted by atomic mass is 10.1. The fraction of sp³-hybridized carbons (Fsp3) is 0.262. The number of nitro groups is 1. The standard InChI is InChI=1S/C21H21N5O5.C21H21N3O3S/c1-15-22-20(23-31-15)14-30-19-5-3-2-4-18(19)21(27)25-12-10-24(11-13-25)16-6-8-17(9-7-16)26(28)29;25-18-7-5-17(6-8-18)23-9-11-24(12-10-23)21(26)19-3-1-2-4-20(19)27-13-16-14-28-15-22-16/h2-9H,10-14H2,1H3;1-8,14-15,25H,9-13H2. The molecule has 2 saturated heterocycles. The summed E-state index contributed by atoms with van der Waals surface area (Å²) >= 11 is 1.52. The molecule has 304 valence electrons. The molecule has 2 aliphatic rings. The van der Waals surface area contributed by atoms with Gasteiger partial charge in [0, 0.05) is 88.2 Å². The lowest BCUT2D eigenvalue weighted by Crippen LogP contribution is -2.48. The van der Waals surface area contributed by atoms with Crippen LogP contribution in [0.25, 0.3) is 0 Å². The maximum Gasteiger partial charge on any atom is 0.269 e. The third-order valence-electron chi connectivity index (χ3n) is 9.79. The van der Waals surface area contributed by atoms with Gasteiger partial charge < -0.3 is 38.7 Å². The molecule has 2 aliphatic heterocycles. The van der Waals surface area contributed by atoms with Crippen molar-refractivity contribution in [3.05, 3.63) is 147 Å². The van der Waals surface area contributed by atoms with Crippen molar-refractivity contribution in [3.8, 4) is 17.2 Å². The fourth-order valence-corrected chi connectivity index (χ4v) is 7.21. The van der Waals surface area contributed by atoms with Gasteiger partial charge in [-0.05, 0) is 60.7 Å². The first-order valence-electron chi connectivity index (χ1n) is 18.9. The van der Waals surface area contributed by atoms with Gasteiger partial charge in [-0.3, -0.25) is 19.7 Å². The van der Waals surface area contributed by atoms with Crippen molar-refractivity contribution in [2.45, 2.75) is 20.1 Å². The predicted octanol–water partition coefficient (Wildman–Crippen LogP) is 6.22. The van der Waals surface area contributed by atoms with Crippen LogP contribution in [-0.2, 0) is 13.2 Å². The maximum atomic E-state index is 13.1. The summed E-state index contributed by atoms with van der Waals surface area (Å²) in [4.78, 5) is 52.8. The molecule has 1 N–H and O–H groups in total. The Hall–Kier alpha value is -7.01. The Morgan fingerprint density at radius 2 is 1.25 bits per heavy atom. The van der Waals surface area contributed by atoms with E-state index < -0.39 is 4.92 Å². The van der Waals surface area contributed by atoms with Crippen LogP contribution < -0.4 is 19.3 Å². The molecule has 0 spiro atoms. The number of benzene rings is 4. The van der Waals surface area contributed by atoms with E-state index in [1.54, 1.807) is 65.9 Å². The summed E-state index contributed by atoms with van der Waals surface area (Å²) in [6, 6.07) is 28.1. The van der Waals surface area contributed by atoms with E-state index in [4.69, 9.17) is 14.0 Å². The van der Waals surface area contributed by atoms with Crippen molar-refractivity contribution in [1.29, 1.82) is 0 Å². The Kier molecular flexibility index (Phi) is 12.9. The molecule has 0 radical (unpaired) electrons. The molecular weight excluding hydrogens is 777 g/mol. The first-order valence-corrected chi connectivity index (χ1v) is 19.9. The van der Waals surface area contributed by atoms with Crippen molar-refractivity contribution in [1.82, 2.24) is 24.9 Å². The van der Waals surface area contributed by atoms with Gasteiger partial charge in [0.05, 0.1) is 27.3 Å². The highest BCUT2D eigenvalue weighted by atomic mass is 32.1. The number of carbonyl (C=O) groups is 2. The number of non-ortho nitro benzene ring substituents is 1. The zero-order valence-corrected chi connectivity index (χ0v) is 33.1. The Labute approximate surface area is 344 Å². The van der Waals surface area contributed by atoms with Crippen LogP contribution in [0.1, 0.15) is 38.1 Å². The number of rotatable bonds is 11. The molecule has 6 aromatic rings. The van der Waals surface area contributed by atoms with Gasteiger partial charge in [-0.2, -0.15) is 4.98 Å². The minimum Gasteiger partial charge on any atom is -0.508 e. The van der Waals surface area contributed by atoms with Crippen molar-refractivity contribution in [2.75, 3.05) is 62.2 Å². The van der Waals surface area contributed by atoms with Crippen LogP contribution in [0, 0.1) is 17.0 Å². The zero-order valence-electron chi connectivity index (χ0n) is 32.3. The third kappa shape index (κ3) is 10.3. The topological polar surface area (TPSA) is 181 Å². The SMILES string of the molecule is Cc1nc(COc2ccccc2C(=O)N2CCN(c3ccc([N+](=O)[O-])cc3)CC2)no1.O=C(c1ccccc1OCc1cscn1)N1CCN(c2ccc(O)cc2)CC1. The molecule has 16 nitrogen and oxygen atoms in total. The summed E-state index contributed by atoms with van der Waals surface area (Å²) in [5.74, 6) is 2.05. The van der Waals surface area contributed by atoms with Crippen LogP contribution in [-0.4, -0.2) is 99.1 Å². The first-order chi connectivity index (χ1) is 28.7. The van der Waals surface area contributed by atoms with Gasteiger partial charge in [-0.1, -0.05) is 29.4 Å². The van der Waals surface area contributed by atoms with Crippen LogP contribution in [0.3, 0.4) is 0 Å². The van der Waals surface area contributed by atoms with Gasteiger partial charge in [0.15, 0.2) is 6.61 Å². The number of hydrogen-bond acceptors (Lipinski definition) is 14. The average Bonchev–Trinajstić information content (AvgIpc) is 3.97. The molecule has 2 aromatic heterocycles. The molecule has 17 heteroatoms. The van der Waals surface area contributed by atoms with Crippen LogP contribution in [0.5, 0.6) is 17.2 Å². The second-order valence-corrected chi connectivity index (χ2v) is 14.3. The number of aromatic hydroxyl groups is 1. The number of thiazole rings is 1. The molecule has 8 rings (SSSR count). The number of nitrogens with zero attached hydrogens (tertiary/aromatic N) is 8. The molecule has 59 heavy (non-hydrogen) atoms. The van der Waals surface area contributed by atoms with Crippen LogP contribution in [0.15, 0.2) is 112 Å². The van der Waals surface area contributed by atoms with E-state index in [1.807, 2.05) is 46.7 Å². The maximum absolute atomic E-state index is 13.1. The summed E-state index contributed by atoms with van der Waals surface area (Å²) in [6.07, 6.45) is 0. The summed E-state index contributed by atoms with van der Waals surface area (Å²) in [7, 11) is 0. The number of aryl methyl sites for hydroxylation is 1. The highest BCUT2D eigenvalue weighted by molar-refractivity contribution is 7.07. The highest BCUT2D eigenvalue weighted by Gasteiger charge is 2.26. The van der Waals surface area contributed by atoms with E-state index in [1.165, 1.54) is 23.5 Å². The normalized spacial score (nSPS) is 14.0. The molecule has 2 fully saturated rings. The van der Waals surface area contributed by atoms with E-state index in [0.29, 0.717) is 80.2 Å². The minimum absolute atomic E-state index is 0.0146. The number of carbonyl (C=O) groups excluding carboxylic acids is 2. The second kappa shape index (κ2) is 19.0. The van der Waals surface area contributed by atoms with Crippen molar-refractivity contribution in [2.24, 2.45) is 0 Å². The summed E-state index contributed by atoms with van der Waals surface area (Å²) in [5, 5.41) is 26.0. The molecule has 0 aliphatic carbocycles. The Bertz CT molecular complexity index is 2320. The zero-order chi connectivity index (χ0) is 41.1. The molecule has 4 heterocycles. The van der Waals surface area contributed by atoms with E-state index in [9.17, 15) is 24.8 Å². The van der Waals surface area contributed by atoms with E-state index in [0.717, 1.165) is 30.2 Å². The average molecular weight is 819 g/mol. The number of nitro benzene ring substituents is 1. The van der Waals surface area contributed by atoms with E-state index in [2.05, 4.69) is 24.9 Å². The van der Waals surface area contributed by atoms with Gasteiger partial charge >= 0.3 is 0 Å². The van der Waals surface area contributed by atoms with E-state index >= 15 is 0 Å². The Balaban J connectivity index is 0.000000180. The van der Waals surface area contributed by atoms with Gasteiger partial charge in [0.1, 0.15) is 23.9 Å². The third-order valence-corrected chi connectivity index (χ3v) is 10.4. The number of phenolic OH excluding ortho intramolecular Hbond substituents is 1. The number of anilines is 2. The lowest BCUT2D eigenvalue weighted by molar-refractivity contribution is -0.384. The number of ether oxygens (including phenoxy) is 2.